The van der Waals surface area contributed by atoms with Crippen molar-refractivity contribution in [2.24, 2.45) is 0 Å². The second kappa shape index (κ2) is 39.2. The highest BCUT2D eigenvalue weighted by atomic mass is 32.3. The fourth-order valence-electron chi connectivity index (χ4n) is 7.40. The first-order chi connectivity index (χ1) is 29.1. The SMILES string of the molecule is CCCC/C=C\C/C=C\CCCCCCCCOCC(COC1OC(CO)C(O)C(OS(=O)(=O)O)C1O)OC(=O)CCCCCCCCCCCCCCCCCCCC. The van der Waals surface area contributed by atoms with Gasteiger partial charge in [-0.15, -0.1) is 0 Å². The Balaban J connectivity index is 2.39. The number of esters is 1. The summed E-state index contributed by atoms with van der Waals surface area (Å²) < 4.78 is 59.1. The Morgan fingerprint density at radius 1 is 0.633 bits per heavy atom. The van der Waals surface area contributed by atoms with Crippen molar-refractivity contribution in [2.75, 3.05) is 26.4 Å². The van der Waals surface area contributed by atoms with Gasteiger partial charge >= 0.3 is 16.4 Å². The number of carbonyl (C=O) groups excluding carboxylic acids is 1. The molecular formula is C47H88O12S. The molecule has 1 fully saturated rings. The maximum absolute atomic E-state index is 12.9. The van der Waals surface area contributed by atoms with E-state index in [-0.39, 0.29) is 19.6 Å². The Morgan fingerprint density at radius 2 is 1.12 bits per heavy atom. The molecule has 0 radical (unpaired) electrons. The average molecular weight is 877 g/mol. The minimum absolute atomic E-state index is 0.0325. The van der Waals surface area contributed by atoms with Crippen molar-refractivity contribution in [3.63, 3.8) is 0 Å². The summed E-state index contributed by atoms with van der Waals surface area (Å²) in [6.45, 7) is 3.95. The van der Waals surface area contributed by atoms with E-state index in [4.69, 9.17) is 23.5 Å². The standard InChI is InChI=1S/C47H88O12S/c1-3-5-7-9-11-13-15-17-19-20-21-22-24-26-28-30-32-34-36-43(49)57-41(40-56-47-45(51)46(59-60(52,53)54)44(50)42(38-48)58-47)39-55-37-35-33-31-29-27-25-23-18-16-14-12-10-8-6-4-2/h10,12,16,18,41-42,44-48,50-51H,3-9,11,13-15,17,19-40H2,1-2H3,(H,52,53,54)/b12-10-,18-16-. The lowest BCUT2D eigenvalue weighted by Crippen LogP contribution is -2.60. The summed E-state index contributed by atoms with van der Waals surface area (Å²) in [6.07, 6.45) is 34.9. The Bertz CT molecular complexity index is 1150. The molecule has 12 nitrogen and oxygen atoms in total. The van der Waals surface area contributed by atoms with E-state index in [9.17, 15) is 28.5 Å². The number of unbranched alkanes of at least 4 members (excludes halogenated alkanes) is 25. The minimum atomic E-state index is -5.06. The zero-order chi connectivity index (χ0) is 43.9. The van der Waals surface area contributed by atoms with Gasteiger partial charge in [0.05, 0.1) is 19.8 Å². The van der Waals surface area contributed by atoms with Crippen molar-refractivity contribution in [1.29, 1.82) is 0 Å². The number of hydrogen-bond donors (Lipinski definition) is 4. The van der Waals surface area contributed by atoms with Crippen LogP contribution in [0.15, 0.2) is 24.3 Å². The van der Waals surface area contributed by atoms with E-state index >= 15 is 0 Å². The summed E-state index contributed by atoms with van der Waals surface area (Å²) in [4.78, 5) is 12.9. The molecule has 354 valence electrons. The third-order valence-corrected chi connectivity index (χ3v) is 11.5. The Morgan fingerprint density at radius 3 is 1.63 bits per heavy atom. The lowest BCUT2D eigenvalue weighted by Gasteiger charge is -2.41. The Labute approximate surface area is 365 Å². The molecule has 1 aliphatic heterocycles. The highest BCUT2D eigenvalue weighted by Crippen LogP contribution is 2.26. The molecule has 0 aliphatic carbocycles. The third kappa shape index (κ3) is 32.3. The summed E-state index contributed by atoms with van der Waals surface area (Å²) in [5.41, 5.74) is 0. The number of aliphatic hydroxyl groups excluding tert-OH is 3. The fourth-order valence-corrected chi connectivity index (χ4v) is 7.90. The number of allylic oxidation sites excluding steroid dienone is 4. The van der Waals surface area contributed by atoms with E-state index in [1.54, 1.807) is 0 Å². The van der Waals surface area contributed by atoms with Crippen molar-refractivity contribution in [3.05, 3.63) is 24.3 Å². The van der Waals surface area contributed by atoms with E-state index in [1.165, 1.54) is 116 Å². The smallest absolute Gasteiger partial charge is 0.397 e. The second-order valence-corrected chi connectivity index (χ2v) is 17.8. The molecule has 0 aromatic rings. The molecule has 13 heteroatoms. The van der Waals surface area contributed by atoms with Gasteiger partial charge in [0, 0.05) is 13.0 Å². The van der Waals surface area contributed by atoms with Crippen LogP contribution in [0.3, 0.4) is 0 Å². The first kappa shape index (κ1) is 56.6. The van der Waals surface area contributed by atoms with Gasteiger partial charge in [-0.05, 0) is 38.5 Å². The minimum Gasteiger partial charge on any atom is -0.457 e. The molecule has 0 bridgehead atoms. The lowest BCUT2D eigenvalue weighted by atomic mass is 9.99. The molecule has 0 aromatic heterocycles. The van der Waals surface area contributed by atoms with E-state index in [1.807, 2.05) is 0 Å². The number of aliphatic hydroxyl groups is 3. The highest BCUT2D eigenvalue weighted by molar-refractivity contribution is 7.80. The van der Waals surface area contributed by atoms with Gasteiger partial charge in [0.15, 0.2) is 6.29 Å². The largest absolute Gasteiger partial charge is 0.457 e. The first-order valence-corrected chi connectivity index (χ1v) is 25.5. The Hall–Kier alpha value is -1.42. The van der Waals surface area contributed by atoms with Crippen LogP contribution in [0.1, 0.15) is 206 Å². The average Bonchev–Trinajstić information content (AvgIpc) is 3.22. The molecule has 6 atom stereocenters. The summed E-state index contributed by atoms with van der Waals surface area (Å²) >= 11 is 0. The lowest BCUT2D eigenvalue weighted by molar-refractivity contribution is -0.301. The quantitative estimate of drug-likeness (QED) is 0.0198. The molecule has 60 heavy (non-hydrogen) atoms. The van der Waals surface area contributed by atoms with Gasteiger partial charge in [-0.1, -0.05) is 186 Å². The van der Waals surface area contributed by atoms with Crippen LogP contribution in [0.2, 0.25) is 0 Å². The summed E-state index contributed by atoms with van der Waals surface area (Å²) in [6, 6.07) is 0. The molecule has 4 N–H and O–H groups in total. The van der Waals surface area contributed by atoms with Crippen LogP contribution in [0.5, 0.6) is 0 Å². The Kier molecular flexibility index (Phi) is 37.0. The zero-order valence-electron chi connectivity index (χ0n) is 37.8. The third-order valence-electron chi connectivity index (χ3n) is 11.1. The molecule has 1 heterocycles. The number of rotatable bonds is 42. The maximum Gasteiger partial charge on any atom is 0.397 e. The number of carbonyl (C=O) groups is 1. The molecule has 0 saturated carbocycles. The number of hydrogen-bond acceptors (Lipinski definition) is 11. The predicted molar refractivity (Wildman–Crippen MR) is 239 cm³/mol. The van der Waals surface area contributed by atoms with Crippen LogP contribution in [0.4, 0.5) is 0 Å². The van der Waals surface area contributed by atoms with E-state index in [0.717, 1.165) is 64.2 Å². The van der Waals surface area contributed by atoms with E-state index in [0.29, 0.717) is 13.0 Å². The zero-order valence-corrected chi connectivity index (χ0v) is 38.6. The van der Waals surface area contributed by atoms with Crippen molar-refractivity contribution >= 4 is 16.4 Å². The van der Waals surface area contributed by atoms with Crippen molar-refractivity contribution in [1.82, 2.24) is 0 Å². The van der Waals surface area contributed by atoms with Crippen LogP contribution in [-0.4, -0.2) is 97.5 Å². The molecule has 0 aromatic carbocycles. The van der Waals surface area contributed by atoms with Gasteiger partial charge in [0.2, 0.25) is 0 Å². The maximum atomic E-state index is 12.9. The van der Waals surface area contributed by atoms with E-state index in [2.05, 4.69) is 42.3 Å². The highest BCUT2D eigenvalue weighted by Gasteiger charge is 2.48. The van der Waals surface area contributed by atoms with Crippen LogP contribution in [0.25, 0.3) is 0 Å². The fraction of sp³-hybridized carbons (Fsp3) is 0.894. The molecule has 1 saturated heterocycles. The normalized spacial score (nSPS) is 20.4. The van der Waals surface area contributed by atoms with Crippen LogP contribution in [0, 0.1) is 0 Å². The van der Waals surface area contributed by atoms with Crippen molar-refractivity contribution in [3.8, 4) is 0 Å². The molecule has 0 spiro atoms. The number of ether oxygens (including phenoxy) is 4. The van der Waals surface area contributed by atoms with Crippen molar-refractivity contribution < 1.29 is 56.2 Å². The summed E-state index contributed by atoms with van der Waals surface area (Å²) in [5.74, 6) is -0.400. The van der Waals surface area contributed by atoms with Gasteiger partial charge in [-0.25, -0.2) is 4.18 Å². The van der Waals surface area contributed by atoms with Crippen LogP contribution < -0.4 is 0 Å². The van der Waals surface area contributed by atoms with Gasteiger partial charge in [-0.2, -0.15) is 8.42 Å². The molecule has 6 unspecified atom stereocenters. The van der Waals surface area contributed by atoms with Gasteiger partial charge < -0.3 is 34.3 Å². The second-order valence-electron chi connectivity index (χ2n) is 16.7. The van der Waals surface area contributed by atoms with E-state index < -0.39 is 59.8 Å². The van der Waals surface area contributed by atoms with Gasteiger partial charge in [0.1, 0.15) is 30.5 Å². The molecule has 0 amide bonds. The predicted octanol–water partition coefficient (Wildman–Crippen LogP) is 10.4. The van der Waals surface area contributed by atoms with Gasteiger partial charge in [0.25, 0.3) is 0 Å². The van der Waals surface area contributed by atoms with Crippen LogP contribution in [-0.2, 0) is 38.3 Å². The van der Waals surface area contributed by atoms with Crippen LogP contribution >= 0.6 is 0 Å². The summed E-state index contributed by atoms with van der Waals surface area (Å²) in [7, 11) is -5.06. The summed E-state index contributed by atoms with van der Waals surface area (Å²) in [5, 5.41) is 30.7. The molecule has 1 rings (SSSR count). The monoisotopic (exact) mass is 877 g/mol. The molecule has 1 aliphatic rings. The molecular weight excluding hydrogens is 789 g/mol. The van der Waals surface area contributed by atoms with Crippen molar-refractivity contribution in [2.45, 2.75) is 243 Å². The topological polar surface area (TPSA) is 178 Å². The van der Waals surface area contributed by atoms with Gasteiger partial charge in [-0.3, -0.25) is 9.35 Å². The first-order valence-electron chi connectivity index (χ1n) is 24.1.